The highest BCUT2D eigenvalue weighted by atomic mass is 16.3. The summed E-state index contributed by atoms with van der Waals surface area (Å²) in [6.45, 7) is -0.616. The Morgan fingerprint density at radius 2 is 2.50 bits per heavy atom. The van der Waals surface area contributed by atoms with E-state index in [1.54, 1.807) is 0 Å². The highest BCUT2D eigenvalue weighted by Gasteiger charge is 1.91. The van der Waals surface area contributed by atoms with Gasteiger partial charge in [0.25, 0.3) is 5.91 Å². The number of carbonyl (C=O) groups excluding carboxylic acids is 1. The van der Waals surface area contributed by atoms with Gasteiger partial charge in [0.1, 0.15) is 6.61 Å². The lowest BCUT2D eigenvalue weighted by atomic mass is 10.7. The maximum Gasteiger partial charge on any atom is 0.264 e. The van der Waals surface area contributed by atoms with Crippen molar-refractivity contribution in [3.05, 3.63) is 0 Å². The number of nitrogens with zero attached hydrogens (tertiary/aromatic N) is 1. The summed E-state index contributed by atoms with van der Waals surface area (Å²) in [4.78, 5) is 10.00. The van der Waals surface area contributed by atoms with Crippen LogP contribution in [0.1, 0.15) is 0 Å². The molecule has 5 heteroatoms. The zero-order valence-electron chi connectivity index (χ0n) is 4.01. The van der Waals surface area contributed by atoms with Gasteiger partial charge in [0.05, 0.1) is 0 Å². The van der Waals surface area contributed by atoms with E-state index in [0.29, 0.717) is 0 Å². The van der Waals surface area contributed by atoms with Crippen LogP contribution in [0.4, 0.5) is 0 Å². The van der Waals surface area contributed by atoms with Crippen molar-refractivity contribution in [3.63, 3.8) is 0 Å². The summed E-state index contributed by atoms with van der Waals surface area (Å²) in [5.41, 5.74) is 3.73. The van der Waals surface area contributed by atoms with Gasteiger partial charge in [-0.05, 0) is 0 Å². The first kappa shape index (κ1) is 6.72. The Hall–Kier alpha value is -1.28. The molecule has 0 aromatic carbocycles. The van der Waals surface area contributed by atoms with E-state index in [9.17, 15) is 4.79 Å². The second-order valence-corrected chi connectivity index (χ2v) is 0.943. The van der Waals surface area contributed by atoms with Gasteiger partial charge in [-0.1, -0.05) is 0 Å². The molecular weight excluding hydrogens is 110 g/mol. The average Bonchev–Trinajstić information content (AvgIpc) is 1.83. The zero-order valence-corrected chi connectivity index (χ0v) is 4.01. The van der Waals surface area contributed by atoms with Crippen LogP contribution < -0.4 is 10.9 Å². The van der Waals surface area contributed by atoms with Gasteiger partial charge in [-0.3, -0.25) is 10.2 Å². The van der Waals surface area contributed by atoms with Gasteiger partial charge >= 0.3 is 0 Å². The Labute approximate surface area is 45.9 Å². The lowest BCUT2D eigenvalue weighted by Gasteiger charge is -1.94. The standard InChI is InChI=1S/C3H5N3O2/c4-2-5-6-3(8)1-7/h5,7H,1H2,(H,6,8). The van der Waals surface area contributed by atoms with Crippen LogP contribution in [0.3, 0.4) is 0 Å². The number of nitriles is 1. The second kappa shape index (κ2) is 3.89. The third-order valence-corrected chi connectivity index (χ3v) is 0.401. The lowest BCUT2D eigenvalue weighted by Crippen LogP contribution is -2.35. The Morgan fingerprint density at radius 1 is 1.88 bits per heavy atom. The van der Waals surface area contributed by atoms with Gasteiger partial charge in [0.2, 0.25) is 0 Å². The number of hydrogen-bond donors (Lipinski definition) is 3. The first-order valence-corrected chi connectivity index (χ1v) is 1.85. The number of hydrazine groups is 1. The summed E-state index contributed by atoms with van der Waals surface area (Å²) in [5, 5.41) is 15.8. The molecule has 3 N–H and O–H groups in total. The fourth-order valence-electron chi connectivity index (χ4n) is 0.137. The second-order valence-electron chi connectivity index (χ2n) is 0.943. The molecule has 0 fully saturated rings. The summed E-state index contributed by atoms with van der Waals surface area (Å²) in [5.74, 6) is -0.633. The highest BCUT2D eigenvalue weighted by molar-refractivity contribution is 5.76. The van der Waals surface area contributed by atoms with Crippen LogP contribution in [0.15, 0.2) is 0 Å². The Balaban J connectivity index is 3.15. The molecule has 0 spiro atoms. The van der Waals surface area contributed by atoms with Gasteiger partial charge in [-0.25, -0.2) is 5.43 Å². The van der Waals surface area contributed by atoms with Crippen LogP contribution in [-0.4, -0.2) is 17.6 Å². The molecule has 0 saturated carbocycles. The number of carbonyl (C=O) groups is 1. The van der Waals surface area contributed by atoms with Crippen molar-refractivity contribution < 1.29 is 9.90 Å². The Kier molecular flexibility index (Phi) is 3.27. The highest BCUT2D eigenvalue weighted by Crippen LogP contribution is 1.52. The van der Waals surface area contributed by atoms with Crippen molar-refractivity contribution >= 4 is 5.91 Å². The molecule has 8 heavy (non-hydrogen) atoms. The van der Waals surface area contributed by atoms with Crippen LogP contribution in [-0.2, 0) is 4.79 Å². The van der Waals surface area contributed by atoms with Crippen molar-refractivity contribution in [3.8, 4) is 6.19 Å². The summed E-state index contributed by atoms with van der Waals surface area (Å²) >= 11 is 0. The molecule has 0 atom stereocenters. The minimum absolute atomic E-state index is 0.616. The maximum absolute atomic E-state index is 10.00. The monoisotopic (exact) mass is 115 g/mol. The first-order valence-electron chi connectivity index (χ1n) is 1.85. The van der Waals surface area contributed by atoms with Crippen molar-refractivity contribution in [1.82, 2.24) is 10.9 Å². The molecule has 0 unspecified atom stereocenters. The fraction of sp³-hybridized carbons (Fsp3) is 0.333. The smallest absolute Gasteiger partial charge is 0.264 e. The van der Waals surface area contributed by atoms with Crippen LogP contribution in [0, 0.1) is 11.5 Å². The normalized spacial score (nSPS) is 7.00. The number of aliphatic hydroxyl groups excluding tert-OH is 1. The molecule has 0 radical (unpaired) electrons. The fourth-order valence-corrected chi connectivity index (χ4v) is 0.137. The zero-order chi connectivity index (χ0) is 6.41. The van der Waals surface area contributed by atoms with E-state index in [1.165, 1.54) is 6.19 Å². The third-order valence-electron chi connectivity index (χ3n) is 0.401. The third kappa shape index (κ3) is 2.93. The van der Waals surface area contributed by atoms with Crippen molar-refractivity contribution in [1.29, 1.82) is 5.26 Å². The molecule has 0 aromatic heterocycles. The lowest BCUT2D eigenvalue weighted by molar-refractivity contribution is -0.124. The minimum atomic E-state index is -0.633. The maximum atomic E-state index is 10.00. The van der Waals surface area contributed by atoms with Crippen LogP contribution in [0.2, 0.25) is 0 Å². The van der Waals surface area contributed by atoms with E-state index in [2.05, 4.69) is 0 Å². The topological polar surface area (TPSA) is 85.2 Å². The number of hydrogen-bond acceptors (Lipinski definition) is 4. The predicted molar refractivity (Wildman–Crippen MR) is 24.0 cm³/mol. The Morgan fingerprint density at radius 3 is 2.88 bits per heavy atom. The summed E-state index contributed by atoms with van der Waals surface area (Å²) in [7, 11) is 0. The number of amides is 1. The largest absolute Gasteiger partial charge is 0.386 e. The van der Waals surface area contributed by atoms with Gasteiger partial charge in [0.15, 0.2) is 6.19 Å². The van der Waals surface area contributed by atoms with E-state index in [-0.39, 0.29) is 0 Å². The average molecular weight is 115 g/mol. The summed E-state index contributed by atoms with van der Waals surface area (Å²) in [6.07, 6.45) is 1.44. The van der Waals surface area contributed by atoms with E-state index >= 15 is 0 Å². The number of aliphatic hydroxyl groups is 1. The van der Waals surface area contributed by atoms with E-state index in [0.717, 1.165) is 0 Å². The number of nitrogens with one attached hydrogen (secondary N) is 2. The molecule has 0 aromatic rings. The molecule has 0 aliphatic heterocycles. The van der Waals surface area contributed by atoms with Crippen LogP contribution in [0.25, 0.3) is 0 Å². The van der Waals surface area contributed by atoms with Gasteiger partial charge in [-0.2, -0.15) is 5.26 Å². The molecule has 0 aliphatic rings. The molecule has 0 saturated heterocycles. The summed E-state index contributed by atoms with van der Waals surface area (Å²) < 4.78 is 0. The SMILES string of the molecule is N#CNNC(=O)CO. The molecule has 0 heterocycles. The van der Waals surface area contributed by atoms with Gasteiger partial charge < -0.3 is 5.11 Å². The van der Waals surface area contributed by atoms with Crippen molar-refractivity contribution in [2.24, 2.45) is 0 Å². The molecule has 5 nitrogen and oxygen atoms in total. The van der Waals surface area contributed by atoms with Crippen LogP contribution >= 0.6 is 0 Å². The van der Waals surface area contributed by atoms with E-state index in [1.807, 2.05) is 10.9 Å². The molecule has 44 valence electrons. The summed E-state index contributed by atoms with van der Waals surface area (Å²) in [6, 6.07) is 0. The molecule has 1 amide bonds. The van der Waals surface area contributed by atoms with Crippen molar-refractivity contribution in [2.45, 2.75) is 0 Å². The molecule has 0 rings (SSSR count). The molecule has 0 aliphatic carbocycles. The van der Waals surface area contributed by atoms with Crippen LogP contribution in [0.5, 0.6) is 0 Å². The minimum Gasteiger partial charge on any atom is -0.386 e. The molecule has 0 bridgehead atoms. The van der Waals surface area contributed by atoms with Gasteiger partial charge in [0, 0.05) is 0 Å². The van der Waals surface area contributed by atoms with E-state index in [4.69, 9.17) is 10.4 Å². The van der Waals surface area contributed by atoms with Crippen molar-refractivity contribution in [2.75, 3.05) is 6.61 Å². The van der Waals surface area contributed by atoms with Gasteiger partial charge in [-0.15, -0.1) is 0 Å². The Bertz CT molecular complexity index is 116. The quantitative estimate of drug-likeness (QED) is 0.222. The number of rotatable bonds is 2. The van der Waals surface area contributed by atoms with E-state index < -0.39 is 12.5 Å². The first-order chi connectivity index (χ1) is 3.81. The molecular formula is C3H5N3O2. The predicted octanol–water partition coefficient (Wildman–Crippen LogP) is -1.92.